The Labute approximate surface area is 169 Å². The van der Waals surface area contributed by atoms with Gasteiger partial charge in [-0.2, -0.15) is 0 Å². The van der Waals surface area contributed by atoms with Gasteiger partial charge in [-0.15, -0.1) is 0 Å². The molecule has 3 rings (SSSR count). The Kier molecular flexibility index (Phi) is 6.85. The fourth-order valence-electron chi connectivity index (χ4n) is 2.91. The van der Waals surface area contributed by atoms with Crippen LogP contribution in [0.2, 0.25) is 0 Å². The van der Waals surface area contributed by atoms with Crippen LogP contribution in [0.1, 0.15) is 24.0 Å². The average Bonchev–Trinajstić information content (AvgIpc) is 3.16. The minimum atomic E-state index is -3.68. The number of benzene rings is 1. The smallest absolute Gasteiger partial charge is 0.404 e. The van der Waals surface area contributed by atoms with Crippen LogP contribution >= 0.6 is 20.0 Å². The molecule has 0 aliphatic carbocycles. The Balaban J connectivity index is 1.52. The number of fused-ring (bicyclic) bond motifs is 1. The fraction of sp³-hybridized carbons (Fsp3) is 0.444. The molecule has 10 heteroatoms. The number of likely N-dealkylation sites (N-methyl/N-ethyl adjacent to an activating group) is 1. The van der Waals surface area contributed by atoms with Gasteiger partial charge in [-0.05, 0) is 25.8 Å². The van der Waals surface area contributed by atoms with E-state index in [0.717, 1.165) is 11.1 Å². The minimum Gasteiger partial charge on any atom is -0.404 e. The SMILES string of the molecule is CNC(=O)/C=C\N(C=S)C1CCC(COP2(=O)OCc3cc(C)ccc3O2)O1. The summed E-state index contributed by atoms with van der Waals surface area (Å²) in [5, 5.41) is 2.49. The molecular formula is C18H23N2O6PS. The second-order valence-corrected chi connectivity index (χ2v) is 8.30. The molecule has 28 heavy (non-hydrogen) atoms. The third-order valence-corrected chi connectivity index (χ3v) is 5.98. The van der Waals surface area contributed by atoms with Gasteiger partial charge in [0.15, 0.2) is 0 Å². The number of carbonyl (C=O) groups is 1. The van der Waals surface area contributed by atoms with Gasteiger partial charge in [0.25, 0.3) is 0 Å². The summed E-state index contributed by atoms with van der Waals surface area (Å²) in [5.74, 6) is 0.275. The number of phosphoric ester groups is 1. The molecule has 0 radical (unpaired) electrons. The zero-order valence-electron chi connectivity index (χ0n) is 15.7. The Morgan fingerprint density at radius 3 is 3.04 bits per heavy atom. The van der Waals surface area contributed by atoms with E-state index in [-0.39, 0.29) is 31.5 Å². The molecular weight excluding hydrogens is 403 g/mol. The van der Waals surface area contributed by atoms with Crippen molar-refractivity contribution in [1.82, 2.24) is 10.2 Å². The molecule has 0 aromatic heterocycles. The molecule has 1 aromatic carbocycles. The summed E-state index contributed by atoms with van der Waals surface area (Å²) < 4.78 is 34.9. The molecule has 1 fully saturated rings. The van der Waals surface area contributed by atoms with Crippen molar-refractivity contribution < 1.29 is 27.7 Å². The first-order chi connectivity index (χ1) is 13.4. The topological polar surface area (TPSA) is 86.3 Å². The lowest BCUT2D eigenvalue weighted by molar-refractivity contribution is -0.116. The lowest BCUT2D eigenvalue weighted by Crippen LogP contribution is -2.30. The molecule has 3 atom stereocenters. The maximum atomic E-state index is 12.7. The molecule has 2 aliphatic rings. The summed E-state index contributed by atoms with van der Waals surface area (Å²) in [7, 11) is -2.14. The number of nitrogens with one attached hydrogen (secondary N) is 1. The van der Waals surface area contributed by atoms with Gasteiger partial charge in [0.2, 0.25) is 5.91 Å². The molecule has 0 saturated carbocycles. The number of amides is 1. The zero-order chi connectivity index (χ0) is 20.1. The van der Waals surface area contributed by atoms with Gasteiger partial charge in [-0.3, -0.25) is 13.8 Å². The van der Waals surface area contributed by atoms with Gasteiger partial charge < -0.3 is 19.5 Å². The second kappa shape index (κ2) is 9.15. The number of nitrogens with zero attached hydrogens (tertiary/aromatic N) is 1. The van der Waals surface area contributed by atoms with Crippen molar-refractivity contribution in [3.63, 3.8) is 0 Å². The quantitative estimate of drug-likeness (QED) is 0.405. The van der Waals surface area contributed by atoms with Crippen molar-refractivity contribution in [1.29, 1.82) is 0 Å². The number of rotatable bonds is 7. The summed E-state index contributed by atoms with van der Waals surface area (Å²) in [6.45, 7) is 2.21. The number of ether oxygens (including phenoxy) is 1. The highest BCUT2D eigenvalue weighted by Crippen LogP contribution is 2.54. The van der Waals surface area contributed by atoms with E-state index in [0.29, 0.717) is 18.6 Å². The Morgan fingerprint density at radius 2 is 2.29 bits per heavy atom. The first-order valence-corrected chi connectivity index (χ1v) is 10.8. The molecule has 1 saturated heterocycles. The molecule has 2 aliphatic heterocycles. The maximum Gasteiger partial charge on any atom is 0.530 e. The van der Waals surface area contributed by atoms with Crippen molar-refractivity contribution in [3.8, 4) is 5.75 Å². The summed E-state index contributed by atoms with van der Waals surface area (Å²) in [6, 6.07) is 5.57. The van der Waals surface area contributed by atoms with Crippen molar-refractivity contribution >= 4 is 31.4 Å². The largest absolute Gasteiger partial charge is 0.530 e. The van der Waals surface area contributed by atoms with Crippen molar-refractivity contribution in [2.75, 3.05) is 13.7 Å². The van der Waals surface area contributed by atoms with Gasteiger partial charge in [-0.25, -0.2) is 4.57 Å². The normalized spacial score (nSPS) is 26.5. The van der Waals surface area contributed by atoms with E-state index in [4.69, 9.17) is 30.5 Å². The number of hydrogen-bond acceptors (Lipinski definition) is 7. The lowest BCUT2D eigenvalue weighted by atomic mass is 10.1. The highest BCUT2D eigenvalue weighted by molar-refractivity contribution is 7.78. The summed E-state index contributed by atoms with van der Waals surface area (Å²) in [6.07, 6.45) is 3.71. The average molecular weight is 426 g/mol. The van der Waals surface area contributed by atoms with E-state index in [1.165, 1.54) is 11.6 Å². The van der Waals surface area contributed by atoms with E-state index < -0.39 is 7.82 Å². The highest BCUT2D eigenvalue weighted by Gasteiger charge is 2.37. The predicted molar refractivity (Wildman–Crippen MR) is 107 cm³/mol. The van der Waals surface area contributed by atoms with Crippen molar-refractivity contribution in [2.24, 2.45) is 0 Å². The molecule has 2 heterocycles. The lowest BCUT2D eigenvalue weighted by Gasteiger charge is -2.26. The van der Waals surface area contributed by atoms with Crippen LogP contribution in [-0.2, 0) is 29.8 Å². The summed E-state index contributed by atoms with van der Waals surface area (Å²) >= 11 is 4.99. The molecule has 1 aromatic rings. The molecule has 1 N–H and O–H groups in total. The summed E-state index contributed by atoms with van der Waals surface area (Å²) in [5.41, 5.74) is 3.33. The van der Waals surface area contributed by atoms with Gasteiger partial charge in [0.1, 0.15) is 12.0 Å². The maximum absolute atomic E-state index is 12.7. The highest BCUT2D eigenvalue weighted by atomic mass is 32.1. The molecule has 8 nitrogen and oxygen atoms in total. The van der Waals surface area contributed by atoms with Crippen LogP contribution < -0.4 is 9.84 Å². The fourth-order valence-corrected chi connectivity index (χ4v) is 4.36. The Morgan fingerprint density at radius 1 is 1.46 bits per heavy atom. The molecule has 1 amide bonds. The van der Waals surface area contributed by atoms with Crippen LogP contribution in [0, 0.1) is 6.92 Å². The number of aryl methyl sites for hydroxylation is 1. The second-order valence-electron chi connectivity index (χ2n) is 6.49. The predicted octanol–water partition coefficient (Wildman–Crippen LogP) is 3.05. The van der Waals surface area contributed by atoms with Crippen molar-refractivity contribution in [2.45, 2.75) is 38.7 Å². The van der Waals surface area contributed by atoms with Gasteiger partial charge >= 0.3 is 7.82 Å². The van der Waals surface area contributed by atoms with Gasteiger partial charge in [0, 0.05) is 24.9 Å². The minimum absolute atomic E-state index is 0.0689. The molecule has 0 spiro atoms. The van der Waals surface area contributed by atoms with Crippen LogP contribution in [0.5, 0.6) is 5.75 Å². The van der Waals surface area contributed by atoms with Crippen molar-refractivity contribution in [3.05, 3.63) is 41.6 Å². The Bertz CT molecular complexity index is 817. The van der Waals surface area contributed by atoms with E-state index in [1.54, 1.807) is 24.2 Å². The van der Waals surface area contributed by atoms with E-state index in [2.05, 4.69) is 5.32 Å². The Hall–Kier alpha value is -1.77. The number of carbonyl (C=O) groups excluding carboxylic acids is 1. The molecule has 0 bridgehead atoms. The van der Waals surface area contributed by atoms with Gasteiger partial charge in [-0.1, -0.05) is 29.9 Å². The first-order valence-electron chi connectivity index (χ1n) is 8.89. The standard InChI is InChI=1S/C18H23N2O6PS/c1-13-3-5-16-14(9-13)10-23-27(22,26-16)24-11-15-4-6-18(25-15)20(12-28)8-7-17(21)19-2/h3,5,7-9,12,15,18H,4,6,10-11H2,1-2H3,(H,19,21)/b8-7-. The van der Waals surface area contributed by atoms with Crippen LogP contribution in [0.4, 0.5) is 0 Å². The number of thiocarbonyl (C=S) groups is 1. The number of phosphoric acid groups is 1. The van der Waals surface area contributed by atoms with Crippen LogP contribution in [0.15, 0.2) is 30.5 Å². The third-order valence-electron chi connectivity index (χ3n) is 4.41. The van der Waals surface area contributed by atoms with E-state index in [9.17, 15) is 9.36 Å². The van der Waals surface area contributed by atoms with E-state index in [1.807, 2.05) is 19.1 Å². The van der Waals surface area contributed by atoms with Crippen LogP contribution in [0.25, 0.3) is 0 Å². The van der Waals surface area contributed by atoms with Crippen LogP contribution in [0.3, 0.4) is 0 Å². The summed E-state index contributed by atoms with van der Waals surface area (Å²) in [4.78, 5) is 13.0. The van der Waals surface area contributed by atoms with Gasteiger partial charge in [0.05, 0.1) is 24.8 Å². The monoisotopic (exact) mass is 426 g/mol. The number of hydrogen-bond donors (Lipinski definition) is 1. The molecule has 152 valence electrons. The first kappa shape index (κ1) is 21.0. The van der Waals surface area contributed by atoms with E-state index >= 15 is 0 Å². The zero-order valence-corrected chi connectivity index (χ0v) is 17.4. The third kappa shape index (κ3) is 5.18. The van der Waals surface area contributed by atoms with Crippen LogP contribution in [-0.4, -0.2) is 42.3 Å². The molecule has 3 unspecified atom stereocenters.